The average molecular weight is 654 g/mol. The molecule has 2 aromatic carbocycles. The number of alkyl halides is 1. The van der Waals surface area contributed by atoms with Gasteiger partial charge in [-0.25, -0.2) is 24.1 Å². The molecule has 0 unspecified atom stereocenters. The maximum absolute atomic E-state index is 16.6. The van der Waals surface area contributed by atoms with Crippen molar-refractivity contribution in [2.75, 3.05) is 51.3 Å². The summed E-state index contributed by atoms with van der Waals surface area (Å²) < 4.78 is 64.8. The SMILES string of the molecule is [C-]#[N+]C[C@H]1CN(c2nc(OC[C@@H]3C[C@H](F)CN3C)nc3c(F)c(-c4cccc5ccc(F)c(Cl)c45)ncc23)CCN1C(=O)C(=C)F. The lowest BCUT2D eigenvalue weighted by atomic mass is 10.0. The van der Waals surface area contributed by atoms with E-state index in [9.17, 15) is 18.0 Å². The molecule has 2 aliphatic rings. The van der Waals surface area contributed by atoms with Crippen LogP contribution in [0, 0.1) is 18.2 Å². The van der Waals surface area contributed by atoms with Crippen LogP contribution in [0.5, 0.6) is 6.01 Å². The van der Waals surface area contributed by atoms with Crippen LogP contribution in [0.4, 0.5) is 23.4 Å². The van der Waals surface area contributed by atoms with Crippen LogP contribution >= 0.6 is 11.6 Å². The number of carbonyl (C=O) groups is 1. The molecule has 0 saturated carbocycles. The number of pyridine rings is 1. The van der Waals surface area contributed by atoms with E-state index in [2.05, 4.69) is 26.4 Å². The summed E-state index contributed by atoms with van der Waals surface area (Å²) in [6.07, 6.45) is 0.641. The number of hydrogen-bond acceptors (Lipinski definition) is 7. The zero-order chi connectivity index (χ0) is 32.7. The molecule has 2 saturated heterocycles. The summed E-state index contributed by atoms with van der Waals surface area (Å²) in [4.78, 5) is 34.1. The summed E-state index contributed by atoms with van der Waals surface area (Å²) in [5.41, 5.74) is -0.0175. The monoisotopic (exact) mass is 653 g/mol. The Bertz CT molecular complexity index is 1900. The lowest BCUT2D eigenvalue weighted by Gasteiger charge is -2.39. The molecule has 238 valence electrons. The number of aromatic nitrogens is 3. The molecule has 0 spiro atoms. The van der Waals surface area contributed by atoms with Crippen LogP contribution in [0.3, 0.4) is 0 Å². The molecule has 14 heteroatoms. The molecule has 0 radical (unpaired) electrons. The van der Waals surface area contributed by atoms with Crippen molar-refractivity contribution in [2.24, 2.45) is 0 Å². The molecule has 4 aromatic rings. The summed E-state index contributed by atoms with van der Waals surface area (Å²) in [6, 6.07) is 6.61. The van der Waals surface area contributed by atoms with Gasteiger partial charge in [0.15, 0.2) is 11.6 Å². The Hall–Kier alpha value is -4.54. The van der Waals surface area contributed by atoms with E-state index in [-0.39, 0.29) is 96.2 Å². The molecule has 2 aromatic heterocycles. The van der Waals surface area contributed by atoms with Gasteiger partial charge >= 0.3 is 6.01 Å². The first-order chi connectivity index (χ1) is 22.1. The van der Waals surface area contributed by atoms with Crippen molar-refractivity contribution in [1.82, 2.24) is 24.8 Å². The number of rotatable bonds is 7. The third kappa shape index (κ3) is 5.78. The van der Waals surface area contributed by atoms with Gasteiger partial charge in [-0.2, -0.15) is 9.97 Å². The summed E-state index contributed by atoms with van der Waals surface area (Å²) in [6.45, 7) is 10.9. The largest absolute Gasteiger partial charge is 0.462 e. The number of ether oxygens (including phenoxy) is 1. The van der Waals surface area contributed by atoms with Gasteiger partial charge in [0, 0.05) is 49.4 Å². The van der Waals surface area contributed by atoms with Gasteiger partial charge in [0.1, 0.15) is 41.7 Å². The summed E-state index contributed by atoms with van der Waals surface area (Å²) in [5.74, 6) is -3.31. The Morgan fingerprint density at radius 2 is 1.98 bits per heavy atom. The first-order valence-corrected chi connectivity index (χ1v) is 14.9. The molecule has 4 heterocycles. The van der Waals surface area contributed by atoms with E-state index in [1.54, 1.807) is 30.1 Å². The van der Waals surface area contributed by atoms with Gasteiger partial charge in [-0.1, -0.05) is 42.4 Å². The van der Waals surface area contributed by atoms with E-state index in [0.717, 1.165) is 0 Å². The van der Waals surface area contributed by atoms with Crippen molar-refractivity contribution in [3.8, 4) is 17.3 Å². The Balaban J connectivity index is 1.46. The van der Waals surface area contributed by atoms with Gasteiger partial charge in [-0.15, -0.1) is 0 Å². The minimum atomic E-state index is -1.13. The zero-order valence-corrected chi connectivity index (χ0v) is 25.4. The van der Waals surface area contributed by atoms with Crippen LogP contribution in [0.15, 0.2) is 48.9 Å². The van der Waals surface area contributed by atoms with Crippen molar-refractivity contribution in [3.05, 3.63) is 77.0 Å². The second kappa shape index (κ2) is 12.7. The second-order valence-corrected chi connectivity index (χ2v) is 11.7. The number of fused-ring (bicyclic) bond motifs is 2. The number of nitrogens with zero attached hydrogens (tertiary/aromatic N) is 7. The van der Waals surface area contributed by atoms with E-state index >= 15 is 4.39 Å². The van der Waals surface area contributed by atoms with Crippen LogP contribution in [0.1, 0.15) is 6.42 Å². The molecule has 2 fully saturated rings. The quantitative estimate of drug-likeness (QED) is 0.146. The van der Waals surface area contributed by atoms with E-state index in [1.165, 1.54) is 23.2 Å². The fourth-order valence-electron chi connectivity index (χ4n) is 6.13. The number of benzene rings is 2. The summed E-state index contributed by atoms with van der Waals surface area (Å²) in [5, 5.41) is 0.897. The van der Waals surface area contributed by atoms with Gasteiger partial charge in [-0.3, -0.25) is 14.7 Å². The van der Waals surface area contributed by atoms with Crippen molar-refractivity contribution in [1.29, 1.82) is 0 Å². The van der Waals surface area contributed by atoms with Gasteiger partial charge in [0.05, 0.1) is 10.4 Å². The average Bonchev–Trinajstić information content (AvgIpc) is 3.37. The Labute approximate surface area is 266 Å². The van der Waals surface area contributed by atoms with E-state index in [4.69, 9.17) is 22.9 Å². The van der Waals surface area contributed by atoms with Crippen LogP contribution < -0.4 is 9.64 Å². The number of likely N-dealkylation sites (tertiary alicyclic amines) is 1. The molecule has 1 amide bonds. The Kier molecular flexibility index (Phi) is 8.67. The highest BCUT2D eigenvalue weighted by molar-refractivity contribution is 6.36. The highest BCUT2D eigenvalue weighted by atomic mass is 35.5. The highest BCUT2D eigenvalue weighted by Gasteiger charge is 2.36. The molecule has 2 aliphatic heterocycles. The smallest absolute Gasteiger partial charge is 0.319 e. The molecule has 0 bridgehead atoms. The van der Waals surface area contributed by atoms with Crippen molar-refractivity contribution in [2.45, 2.75) is 24.7 Å². The van der Waals surface area contributed by atoms with Crippen molar-refractivity contribution >= 4 is 45.0 Å². The fourth-order valence-corrected chi connectivity index (χ4v) is 6.41. The number of halogens is 5. The first kappa shape index (κ1) is 31.4. The lowest BCUT2D eigenvalue weighted by molar-refractivity contribution is -0.131. The maximum Gasteiger partial charge on any atom is 0.319 e. The predicted molar refractivity (Wildman–Crippen MR) is 166 cm³/mol. The molecule has 9 nitrogen and oxygen atoms in total. The molecular formula is C32H28ClF4N7O2. The van der Waals surface area contributed by atoms with E-state index < -0.39 is 35.6 Å². The van der Waals surface area contributed by atoms with Gasteiger partial charge < -0.3 is 19.4 Å². The summed E-state index contributed by atoms with van der Waals surface area (Å²) in [7, 11) is 1.78. The zero-order valence-electron chi connectivity index (χ0n) is 24.7. The van der Waals surface area contributed by atoms with Gasteiger partial charge in [0.2, 0.25) is 6.54 Å². The predicted octanol–water partition coefficient (Wildman–Crippen LogP) is 5.62. The van der Waals surface area contributed by atoms with E-state index in [1.807, 2.05) is 4.90 Å². The second-order valence-electron chi connectivity index (χ2n) is 11.4. The third-order valence-corrected chi connectivity index (χ3v) is 8.82. The molecule has 46 heavy (non-hydrogen) atoms. The van der Waals surface area contributed by atoms with Crippen molar-refractivity contribution in [3.63, 3.8) is 0 Å². The number of anilines is 1. The topological polar surface area (TPSA) is 79.1 Å². The standard InChI is InChI=1S/C32H28ClF4N7O2/c1-17(34)31(45)44-10-9-43(15-21(44)12-38-2)30-23-13-39-28(22-6-4-5-18-7-8-24(36)26(33)25(18)22)27(37)29(23)40-32(41-30)46-16-20-11-19(35)14-42(20)3/h4-8,13,19-21H,1,9-12,14-16H2,3H3/t19-,20-,21-/m0/s1. The van der Waals surface area contributed by atoms with Gasteiger partial charge in [-0.05, 0) is 24.9 Å². The van der Waals surface area contributed by atoms with E-state index in [0.29, 0.717) is 5.39 Å². The number of piperazine rings is 1. The Morgan fingerprint density at radius 1 is 1.17 bits per heavy atom. The minimum Gasteiger partial charge on any atom is -0.462 e. The van der Waals surface area contributed by atoms with Crippen LogP contribution in [0.2, 0.25) is 5.02 Å². The summed E-state index contributed by atoms with van der Waals surface area (Å²) >= 11 is 6.34. The minimum absolute atomic E-state index is 0.0425. The highest BCUT2D eigenvalue weighted by Crippen LogP contribution is 2.38. The van der Waals surface area contributed by atoms with Crippen molar-refractivity contribution < 1.29 is 27.1 Å². The van der Waals surface area contributed by atoms with Gasteiger partial charge in [0.25, 0.3) is 5.91 Å². The molecular weight excluding hydrogens is 626 g/mol. The van der Waals surface area contributed by atoms with Crippen LogP contribution in [0.25, 0.3) is 37.8 Å². The number of hydrogen-bond donors (Lipinski definition) is 0. The number of carbonyl (C=O) groups excluding carboxylic acids is 1. The van der Waals surface area contributed by atoms with Crippen LogP contribution in [-0.2, 0) is 4.79 Å². The fraction of sp³-hybridized carbons (Fsp3) is 0.344. The molecule has 0 N–H and O–H groups in total. The normalized spacial score (nSPS) is 20.3. The lowest BCUT2D eigenvalue weighted by Crippen LogP contribution is -2.56. The number of likely N-dealkylation sites (N-methyl/N-ethyl adjacent to an activating group) is 1. The molecule has 3 atom stereocenters. The Morgan fingerprint density at radius 3 is 2.70 bits per heavy atom. The maximum atomic E-state index is 16.6. The first-order valence-electron chi connectivity index (χ1n) is 14.5. The van der Waals surface area contributed by atoms with Crippen LogP contribution in [-0.4, -0.2) is 95.3 Å². The molecule has 0 aliphatic carbocycles. The molecule has 6 rings (SSSR count). The number of amides is 1. The third-order valence-electron chi connectivity index (χ3n) is 8.45.